The second kappa shape index (κ2) is 2.77. The van der Waals surface area contributed by atoms with Crippen LogP contribution in [0.1, 0.15) is 0 Å². The second-order valence-electron chi connectivity index (χ2n) is 3.16. The maximum Gasteiger partial charge on any atom is 0.0977 e. The summed E-state index contributed by atoms with van der Waals surface area (Å²) in [6.07, 6.45) is 6.55. The van der Waals surface area contributed by atoms with E-state index in [-0.39, 0.29) is 0 Å². The van der Waals surface area contributed by atoms with Crippen molar-refractivity contribution in [3.63, 3.8) is 0 Å². The molecule has 3 rings (SSSR count). The third-order valence-corrected chi connectivity index (χ3v) is 2.32. The van der Waals surface area contributed by atoms with Crippen molar-refractivity contribution in [2.45, 2.75) is 0 Å². The van der Waals surface area contributed by atoms with Crippen LogP contribution in [0.4, 0.5) is 0 Å². The Kier molecular flexibility index (Phi) is 1.47. The molecule has 1 aromatic carbocycles. The van der Waals surface area contributed by atoms with Gasteiger partial charge in [0.05, 0.1) is 11.7 Å². The average molecular weight is 179 g/mol. The van der Waals surface area contributed by atoms with Crippen molar-refractivity contribution >= 4 is 21.7 Å². The molecule has 0 aliphatic rings. The smallest absolute Gasteiger partial charge is 0.0977 e. The van der Waals surface area contributed by atoms with Gasteiger partial charge in [0.2, 0.25) is 0 Å². The Morgan fingerprint density at radius 3 is 3.00 bits per heavy atom. The second-order valence-corrected chi connectivity index (χ2v) is 3.16. The van der Waals surface area contributed by atoms with Crippen molar-refractivity contribution in [2.75, 3.05) is 0 Å². The molecule has 0 fully saturated rings. The summed E-state index contributed by atoms with van der Waals surface area (Å²) in [4.78, 5) is 8.29. The summed E-state index contributed by atoms with van der Waals surface area (Å²) in [5, 5.41) is 3.30. The number of rotatable bonds is 0. The maximum absolute atomic E-state index is 4.28. The van der Waals surface area contributed by atoms with Crippen molar-refractivity contribution < 1.29 is 0 Å². The van der Waals surface area contributed by atoms with Gasteiger partial charge < -0.3 is 0 Å². The molecule has 0 unspecified atom stereocenters. The van der Waals surface area contributed by atoms with Crippen LogP contribution in [0, 0.1) is 6.20 Å². The molecule has 3 aromatic rings. The molecule has 0 saturated heterocycles. The molecule has 1 radical (unpaired) electrons. The van der Waals surface area contributed by atoms with Gasteiger partial charge in [-0.05, 0) is 23.6 Å². The van der Waals surface area contributed by atoms with Crippen LogP contribution >= 0.6 is 0 Å². The topological polar surface area (TPSA) is 25.8 Å². The molecular weight excluding hydrogens is 172 g/mol. The number of benzene rings is 1. The van der Waals surface area contributed by atoms with Crippen LogP contribution in [0.15, 0.2) is 42.7 Å². The SMILES string of the molecule is [c]1nccc2ccc3ncccc3c12. The minimum Gasteiger partial charge on any atom is -0.256 e. The first-order valence-corrected chi connectivity index (χ1v) is 4.45. The van der Waals surface area contributed by atoms with Gasteiger partial charge in [-0.2, -0.15) is 0 Å². The van der Waals surface area contributed by atoms with Gasteiger partial charge in [-0.25, -0.2) is 0 Å². The van der Waals surface area contributed by atoms with Gasteiger partial charge in [0.15, 0.2) is 0 Å². The van der Waals surface area contributed by atoms with Crippen LogP contribution in [0.25, 0.3) is 21.7 Å². The highest BCUT2D eigenvalue weighted by molar-refractivity contribution is 6.05. The molecule has 2 aromatic heterocycles. The highest BCUT2D eigenvalue weighted by Gasteiger charge is 1.99. The number of hydrogen-bond donors (Lipinski definition) is 0. The van der Waals surface area contributed by atoms with Gasteiger partial charge in [0, 0.05) is 23.2 Å². The fourth-order valence-corrected chi connectivity index (χ4v) is 1.65. The molecule has 14 heavy (non-hydrogen) atoms. The Morgan fingerprint density at radius 1 is 1.00 bits per heavy atom. The number of hydrogen-bond acceptors (Lipinski definition) is 2. The van der Waals surface area contributed by atoms with Crippen molar-refractivity contribution in [1.29, 1.82) is 0 Å². The van der Waals surface area contributed by atoms with E-state index in [0.717, 1.165) is 21.7 Å². The first-order chi connectivity index (χ1) is 6.95. The molecule has 2 nitrogen and oxygen atoms in total. The molecule has 0 aliphatic heterocycles. The van der Waals surface area contributed by atoms with E-state index in [1.165, 1.54) is 0 Å². The minimum atomic E-state index is 0.990. The van der Waals surface area contributed by atoms with Crippen molar-refractivity contribution in [2.24, 2.45) is 0 Å². The highest BCUT2D eigenvalue weighted by atomic mass is 14.6. The lowest BCUT2D eigenvalue weighted by atomic mass is 10.1. The summed E-state index contributed by atoms with van der Waals surface area (Å²) in [6.45, 7) is 0. The van der Waals surface area contributed by atoms with E-state index in [0.29, 0.717) is 0 Å². The number of pyridine rings is 2. The zero-order valence-corrected chi connectivity index (χ0v) is 7.44. The summed E-state index contributed by atoms with van der Waals surface area (Å²) in [5.74, 6) is 0. The Bertz CT molecular complexity index is 547. The van der Waals surface area contributed by atoms with Crippen molar-refractivity contribution in [3.8, 4) is 0 Å². The van der Waals surface area contributed by atoms with E-state index in [1.54, 1.807) is 12.4 Å². The van der Waals surface area contributed by atoms with E-state index in [1.807, 2.05) is 30.3 Å². The van der Waals surface area contributed by atoms with E-state index in [2.05, 4.69) is 16.2 Å². The molecule has 0 bridgehead atoms. The zero-order valence-electron chi connectivity index (χ0n) is 7.44. The largest absolute Gasteiger partial charge is 0.256 e. The number of fused-ring (bicyclic) bond motifs is 3. The molecule has 0 spiro atoms. The molecule has 0 aliphatic carbocycles. The molecule has 0 amide bonds. The van der Waals surface area contributed by atoms with Gasteiger partial charge in [-0.1, -0.05) is 12.1 Å². The maximum atomic E-state index is 4.28. The summed E-state index contributed by atoms with van der Waals surface area (Å²) in [6, 6.07) is 10.0. The van der Waals surface area contributed by atoms with Gasteiger partial charge in [0.1, 0.15) is 0 Å². The van der Waals surface area contributed by atoms with Gasteiger partial charge >= 0.3 is 0 Å². The average Bonchev–Trinajstić information content (AvgIpc) is 2.29. The van der Waals surface area contributed by atoms with Gasteiger partial charge in [-0.3, -0.25) is 9.97 Å². The van der Waals surface area contributed by atoms with Crippen molar-refractivity contribution in [3.05, 3.63) is 48.9 Å². The first kappa shape index (κ1) is 7.44. The highest BCUT2D eigenvalue weighted by Crippen LogP contribution is 2.21. The van der Waals surface area contributed by atoms with Crippen LogP contribution in [0.3, 0.4) is 0 Å². The van der Waals surface area contributed by atoms with Crippen LogP contribution in [0.5, 0.6) is 0 Å². The van der Waals surface area contributed by atoms with Crippen molar-refractivity contribution in [1.82, 2.24) is 9.97 Å². The zero-order chi connectivity index (χ0) is 9.38. The fraction of sp³-hybridized carbons (Fsp3) is 0. The molecule has 0 saturated carbocycles. The van der Waals surface area contributed by atoms with E-state index < -0.39 is 0 Å². The summed E-state index contributed by atoms with van der Waals surface area (Å²) in [7, 11) is 0. The molecule has 2 heteroatoms. The predicted molar refractivity (Wildman–Crippen MR) is 55.9 cm³/mol. The Morgan fingerprint density at radius 2 is 2.00 bits per heavy atom. The summed E-state index contributed by atoms with van der Waals surface area (Å²) < 4.78 is 0. The van der Waals surface area contributed by atoms with Crippen LogP contribution < -0.4 is 0 Å². The minimum absolute atomic E-state index is 0.990. The summed E-state index contributed by atoms with van der Waals surface area (Å²) >= 11 is 0. The Labute approximate surface area is 81.2 Å². The van der Waals surface area contributed by atoms with E-state index in [4.69, 9.17) is 0 Å². The van der Waals surface area contributed by atoms with E-state index in [9.17, 15) is 0 Å². The van der Waals surface area contributed by atoms with Crippen LogP contribution in [-0.2, 0) is 0 Å². The Balaban J connectivity index is 2.61. The quantitative estimate of drug-likeness (QED) is 0.496. The van der Waals surface area contributed by atoms with E-state index >= 15 is 0 Å². The lowest BCUT2D eigenvalue weighted by molar-refractivity contribution is 1.35. The number of aromatic nitrogens is 2. The third kappa shape index (κ3) is 0.973. The first-order valence-electron chi connectivity index (χ1n) is 4.45. The molecule has 2 heterocycles. The Hall–Kier alpha value is -1.96. The standard InChI is InChI=1S/C12H7N2/c1-2-10-11-8-13-7-5-9(11)3-4-12(10)14-6-1/h1-7H. The predicted octanol–water partition coefficient (Wildman–Crippen LogP) is 2.58. The van der Waals surface area contributed by atoms with Crippen LogP contribution in [-0.4, -0.2) is 9.97 Å². The third-order valence-electron chi connectivity index (χ3n) is 2.32. The van der Waals surface area contributed by atoms with Crippen LogP contribution in [0.2, 0.25) is 0 Å². The molecule has 0 atom stereocenters. The lowest BCUT2D eigenvalue weighted by Crippen LogP contribution is -1.81. The van der Waals surface area contributed by atoms with Gasteiger partial charge in [-0.15, -0.1) is 0 Å². The number of nitrogens with zero attached hydrogens (tertiary/aromatic N) is 2. The lowest BCUT2D eigenvalue weighted by Gasteiger charge is -2.00. The molecule has 65 valence electrons. The summed E-state index contributed by atoms with van der Waals surface area (Å²) in [5.41, 5.74) is 0.990. The van der Waals surface area contributed by atoms with Gasteiger partial charge in [0.25, 0.3) is 0 Å². The monoisotopic (exact) mass is 179 g/mol. The molecular formula is C12H7N2. The normalized spacial score (nSPS) is 10.9. The fourth-order valence-electron chi connectivity index (χ4n) is 1.65. The molecule has 0 N–H and O–H groups in total.